The maximum Gasteiger partial charge on any atom is 0.259 e. The van der Waals surface area contributed by atoms with E-state index in [0.29, 0.717) is 18.3 Å². The summed E-state index contributed by atoms with van der Waals surface area (Å²) in [6, 6.07) is 7.91. The molecular formula is C21H26ClN3OS. The van der Waals surface area contributed by atoms with Crippen LogP contribution in [-0.4, -0.2) is 9.97 Å². The van der Waals surface area contributed by atoms with Crippen molar-refractivity contribution < 1.29 is 0 Å². The van der Waals surface area contributed by atoms with Crippen molar-refractivity contribution in [2.75, 3.05) is 0 Å². The summed E-state index contributed by atoms with van der Waals surface area (Å²) in [5.74, 6) is 1.23. The van der Waals surface area contributed by atoms with Gasteiger partial charge >= 0.3 is 0 Å². The fraction of sp³-hybridized carbons (Fsp3) is 0.429. The van der Waals surface area contributed by atoms with E-state index < -0.39 is 0 Å². The molecular weight excluding hydrogens is 378 g/mol. The van der Waals surface area contributed by atoms with Gasteiger partial charge in [-0.15, -0.1) is 11.3 Å². The zero-order valence-electron chi connectivity index (χ0n) is 16.2. The molecule has 0 fully saturated rings. The van der Waals surface area contributed by atoms with Gasteiger partial charge in [-0.3, -0.25) is 4.79 Å². The van der Waals surface area contributed by atoms with E-state index >= 15 is 0 Å². The molecule has 1 aromatic carbocycles. The lowest BCUT2D eigenvalue weighted by Gasteiger charge is -2.14. The molecule has 2 heterocycles. The third kappa shape index (κ3) is 4.60. The second kappa shape index (κ2) is 8.55. The van der Waals surface area contributed by atoms with E-state index in [1.807, 2.05) is 24.3 Å². The average Bonchev–Trinajstić information content (AvgIpc) is 2.95. The molecule has 3 aromatic rings. The summed E-state index contributed by atoms with van der Waals surface area (Å²) in [6.07, 6.45) is 2.03. The van der Waals surface area contributed by atoms with Crippen LogP contribution in [0.2, 0.25) is 5.02 Å². The number of aryl methyl sites for hydroxylation is 1. The molecule has 144 valence electrons. The van der Waals surface area contributed by atoms with Crippen LogP contribution in [0.15, 0.2) is 29.1 Å². The lowest BCUT2D eigenvalue weighted by atomic mass is 9.98. The molecule has 0 saturated heterocycles. The highest BCUT2D eigenvalue weighted by atomic mass is 35.5. The Labute approximate surface area is 169 Å². The number of aromatic nitrogens is 2. The second-order valence-electron chi connectivity index (χ2n) is 7.20. The monoisotopic (exact) mass is 403 g/mol. The summed E-state index contributed by atoms with van der Waals surface area (Å²) in [6.45, 7) is 9.08. The molecule has 0 spiro atoms. The Morgan fingerprint density at radius 1 is 1.26 bits per heavy atom. The Balaban J connectivity index is 1.80. The van der Waals surface area contributed by atoms with Crippen LogP contribution in [0, 0.1) is 12.8 Å². The number of hydrogen-bond acceptors (Lipinski definition) is 4. The van der Waals surface area contributed by atoms with Crippen molar-refractivity contribution in [3.05, 3.63) is 61.5 Å². The van der Waals surface area contributed by atoms with Gasteiger partial charge in [0, 0.05) is 15.9 Å². The molecule has 0 radical (unpaired) electrons. The second-order valence-corrected chi connectivity index (χ2v) is 8.84. The van der Waals surface area contributed by atoms with Gasteiger partial charge in [0.05, 0.1) is 11.9 Å². The van der Waals surface area contributed by atoms with Gasteiger partial charge in [-0.05, 0) is 49.4 Å². The van der Waals surface area contributed by atoms with Crippen molar-refractivity contribution in [2.24, 2.45) is 5.92 Å². The normalized spacial score (nSPS) is 13.8. The molecule has 0 amide bonds. The first-order chi connectivity index (χ1) is 12.9. The summed E-state index contributed by atoms with van der Waals surface area (Å²) in [5.41, 5.74) is 2.27. The molecule has 6 heteroatoms. The molecule has 3 rings (SSSR count). The molecule has 2 atom stereocenters. The van der Waals surface area contributed by atoms with Crippen LogP contribution in [0.5, 0.6) is 0 Å². The molecule has 4 nitrogen and oxygen atoms in total. The summed E-state index contributed by atoms with van der Waals surface area (Å²) in [7, 11) is 0. The van der Waals surface area contributed by atoms with E-state index in [1.165, 1.54) is 4.88 Å². The van der Waals surface area contributed by atoms with E-state index in [2.05, 4.69) is 38.0 Å². The summed E-state index contributed by atoms with van der Waals surface area (Å²) in [4.78, 5) is 22.4. The fourth-order valence-electron chi connectivity index (χ4n) is 3.16. The molecule has 0 unspecified atom stereocenters. The number of nitrogens with one attached hydrogen (secondary N) is 2. The van der Waals surface area contributed by atoms with Crippen molar-refractivity contribution >= 4 is 33.2 Å². The highest BCUT2D eigenvalue weighted by molar-refractivity contribution is 7.18. The van der Waals surface area contributed by atoms with Crippen LogP contribution < -0.4 is 10.9 Å². The summed E-state index contributed by atoms with van der Waals surface area (Å²) < 4.78 is 0. The number of fused-ring (bicyclic) bond motifs is 1. The van der Waals surface area contributed by atoms with E-state index in [1.54, 1.807) is 11.3 Å². The van der Waals surface area contributed by atoms with Crippen LogP contribution in [-0.2, 0) is 13.0 Å². The quantitative estimate of drug-likeness (QED) is 0.556. The number of nitrogens with zero attached hydrogens (tertiary/aromatic N) is 1. The van der Waals surface area contributed by atoms with Crippen LogP contribution in [0.3, 0.4) is 0 Å². The van der Waals surface area contributed by atoms with Gasteiger partial charge in [-0.25, -0.2) is 4.98 Å². The van der Waals surface area contributed by atoms with Crippen LogP contribution >= 0.6 is 22.9 Å². The third-order valence-electron chi connectivity index (χ3n) is 5.11. The van der Waals surface area contributed by atoms with Crippen LogP contribution in [0.1, 0.15) is 55.1 Å². The van der Waals surface area contributed by atoms with Gasteiger partial charge in [0.2, 0.25) is 0 Å². The van der Waals surface area contributed by atoms with E-state index in [9.17, 15) is 4.79 Å². The van der Waals surface area contributed by atoms with Gasteiger partial charge < -0.3 is 10.3 Å². The molecule has 0 aliphatic heterocycles. The van der Waals surface area contributed by atoms with Gasteiger partial charge in [-0.2, -0.15) is 0 Å². The minimum absolute atomic E-state index is 0.0291. The Hall–Kier alpha value is -1.69. The first-order valence-electron chi connectivity index (χ1n) is 9.39. The van der Waals surface area contributed by atoms with E-state index in [-0.39, 0.29) is 11.6 Å². The molecule has 0 aliphatic rings. The molecule has 0 bridgehead atoms. The standard InChI is InChI=1S/C21H26ClN3OS/c1-5-12(2)10-17-14(4)27-21-19(17)20(26)24-18(25-21)11-23-13(3)15-6-8-16(22)9-7-15/h6-9,12-13,23H,5,10-11H2,1-4H3,(H,24,25,26)/t12-,13+/m0/s1. The maximum absolute atomic E-state index is 12.7. The largest absolute Gasteiger partial charge is 0.309 e. The minimum Gasteiger partial charge on any atom is -0.309 e. The minimum atomic E-state index is -0.0291. The Bertz CT molecular complexity index is 977. The zero-order valence-corrected chi connectivity index (χ0v) is 17.8. The van der Waals surface area contributed by atoms with Crippen LogP contribution in [0.4, 0.5) is 0 Å². The summed E-state index contributed by atoms with van der Waals surface area (Å²) in [5, 5.41) is 4.91. The molecule has 0 saturated carbocycles. The number of thiophene rings is 1. The number of halogens is 1. The van der Waals surface area contributed by atoms with E-state index in [4.69, 9.17) is 16.6 Å². The zero-order chi connectivity index (χ0) is 19.6. The molecule has 2 N–H and O–H groups in total. The van der Waals surface area contributed by atoms with Gasteiger partial charge in [0.1, 0.15) is 10.7 Å². The van der Waals surface area contributed by atoms with Gasteiger partial charge in [0.25, 0.3) is 5.56 Å². The number of H-pyrrole nitrogens is 1. The predicted molar refractivity (Wildman–Crippen MR) is 115 cm³/mol. The number of hydrogen-bond donors (Lipinski definition) is 2. The highest BCUT2D eigenvalue weighted by Crippen LogP contribution is 2.29. The first kappa shape index (κ1) is 20.1. The number of benzene rings is 1. The van der Waals surface area contributed by atoms with Crippen LogP contribution in [0.25, 0.3) is 10.2 Å². The highest BCUT2D eigenvalue weighted by Gasteiger charge is 2.17. The SMILES string of the molecule is CC[C@H](C)Cc1c(C)sc2nc(CN[C@H](C)c3ccc(Cl)cc3)[nH]c(=O)c12. The average molecular weight is 404 g/mol. The number of aromatic amines is 1. The van der Waals surface area contributed by atoms with E-state index in [0.717, 1.165) is 39.2 Å². The Kier molecular flexibility index (Phi) is 6.35. The smallest absolute Gasteiger partial charge is 0.259 e. The summed E-state index contributed by atoms with van der Waals surface area (Å²) >= 11 is 7.57. The fourth-order valence-corrected chi connectivity index (χ4v) is 4.36. The molecule has 0 aliphatic carbocycles. The lowest BCUT2D eigenvalue weighted by Crippen LogP contribution is -2.22. The topological polar surface area (TPSA) is 57.8 Å². The van der Waals surface area contributed by atoms with Crippen molar-refractivity contribution in [3.8, 4) is 0 Å². The van der Waals surface area contributed by atoms with Crippen molar-refractivity contribution in [1.82, 2.24) is 15.3 Å². The third-order valence-corrected chi connectivity index (χ3v) is 6.40. The maximum atomic E-state index is 12.7. The Morgan fingerprint density at radius 2 is 1.96 bits per heavy atom. The van der Waals surface area contributed by atoms with Crippen molar-refractivity contribution in [2.45, 2.75) is 53.1 Å². The molecule has 2 aromatic heterocycles. The first-order valence-corrected chi connectivity index (χ1v) is 10.6. The van der Waals surface area contributed by atoms with Gasteiger partial charge in [-0.1, -0.05) is 44.0 Å². The predicted octanol–water partition coefficient (Wildman–Crippen LogP) is 5.39. The number of rotatable bonds is 7. The Morgan fingerprint density at radius 3 is 2.63 bits per heavy atom. The molecule has 27 heavy (non-hydrogen) atoms. The van der Waals surface area contributed by atoms with Gasteiger partial charge in [0.15, 0.2) is 0 Å². The van der Waals surface area contributed by atoms with Crippen molar-refractivity contribution in [1.29, 1.82) is 0 Å². The lowest BCUT2D eigenvalue weighted by molar-refractivity contribution is 0.558. The van der Waals surface area contributed by atoms with Crippen molar-refractivity contribution in [3.63, 3.8) is 0 Å².